The number of benzene rings is 2. The summed E-state index contributed by atoms with van der Waals surface area (Å²) in [5.74, 6) is -1.35. The molecule has 0 unspecified atom stereocenters. The molecule has 12 nitrogen and oxygen atoms in total. The van der Waals surface area contributed by atoms with Gasteiger partial charge in [0.05, 0.1) is 39.5 Å². The zero-order valence-electron chi connectivity index (χ0n) is 16.7. The number of carbonyl (C=O) groups is 2. The number of nitrogens with one attached hydrogen (secondary N) is 2. The highest BCUT2D eigenvalue weighted by molar-refractivity contribution is 8.00. The van der Waals surface area contributed by atoms with Gasteiger partial charge in [-0.3, -0.25) is 24.5 Å². The molecule has 2 aromatic carbocycles. The van der Waals surface area contributed by atoms with Crippen molar-refractivity contribution in [3.63, 3.8) is 0 Å². The lowest BCUT2D eigenvalue weighted by atomic mass is 10.2. The van der Waals surface area contributed by atoms with Crippen LogP contribution in [0.2, 0.25) is 0 Å². The fraction of sp³-hybridized carbons (Fsp3) is 0.0500. The van der Waals surface area contributed by atoms with E-state index in [1.807, 2.05) is 0 Å². The van der Waals surface area contributed by atoms with Crippen LogP contribution in [0.5, 0.6) is 0 Å². The lowest BCUT2D eigenvalue weighted by molar-refractivity contribution is -0.387. The molecule has 4 aromatic rings. The minimum absolute atomic E-state index is 0.00308. The van der Waals surface area contributed by atoms with Gasteiger partial charge in [0.2, 0.25) is 11.8 Å². The van der Waals surface area contributed by atoms with Crippen LogP contribution in [0, 0.1) is 10.1 Å². The van der Waals surface area contributed by atoms with Crippen molar-refractivity contribution in [3.05, 3.63) is 81.0 Å². The van der Waals surface area contributed by atoms with Crippen LogP contribution in [0.15, 0.2) is 64.7 Å². The fourth-order valence-electron chi connectivity index (χ4n) is 3.06. The van der Waals surface area contributed by atoms with Gasteiger partial charge in [-0.2, -0.15) is 5.10 Å². The fourth-order valence-corrected chi connectivity index (χ4v) is 3.87. The first-order chi connectivity index (χ1) is 15.8. The summed E-state index contributed by atoms with van der Waals surface area (Å²) in [7, 11) is 0. The molecule has 4 N–H and O–H groups in total. The Hall–Kier alpha value is -4.52. The number of H-pyrrole nitrogens is 1. The smallest absolute Gasteiger partial charge is 0.283 e. The van der Waals surface area contributed by atoms with Gasteiger partial charge >= 0.3 is 0 Å². The zero-order chi connectivity index (χ0) is 23.5. The molecule has 4 rings (SSSR count). The van der Waals surface area contributed by atoms with E-state index in [0.717, 1.165) is 17.8 Å². The average molecular weight is 465 g/mol. The van der Waals surface area contributed by atoms with E-state index in [1.165, 1.54) is 29.3 Å². The second-order valence-corrected chi connectivity index (χ2v) is 7.70. The van der Waals surface area contributed by atoms with Crippen molar-refractivity contribution >= 4 is 46.0 Å². The number of aromatic nitrogens is 4. The largest absolute Gasteiger partial charge is 0.366 e. The summed E-state index contributed by atoms with van der Waals surface area (Å²) in [5.41, 5.74) is 5.74. The van der Waals surface area contributed by atoms with Crippen molar-refractivity contribution in [2.75, 3.05) is 11.1 Å². The molecule has 0 radical (unpaired) electrons. The van der Waals surface area contributed by atoms with Crippen molar-refractivity contribution in [1.29, 1.82) is 0 Å². The van der Waals surface area contributed by atoms with Gasteiger partial charge in [0, 0.05) is 11.6 Å². The second kappa shape index (κ2) is 8.92. The minimum atomic E-state index is -0.786. The SMILES string of the molecule is NC(=O)c1ccc(SCC(=O)Nc2ccccc2-n2ncc3c(=O)[nH]cnc32)c([N+](=O)[O-])c1. The Kier molecular flexibility index (Phi) is 5.87. The van der Waals surface area contributed by atoms with Crippen LogP contribution >= 0.6 is 11.8 Å². The van der Waals surface area contributed by atoms with Gasteiger partial charge in [-0.25, -0.2) is 9.67 Å². The molecular weight excluding hydrogens is 450 g/mol. The quantitative estimate of drug-likeness (QED) is 0.210. The molecule has 0 bridgehead atoms. The van der Waals surface area contributed by atoms with E-state index in [-0.39, 0.29) is 27.5 Å². The Morgan fingerprint density at radius 3 is 2.79 bits per heavy atom. The molecule has 0 fully saturated rings. The van der Waals surface area contributed by atoms with Crippen LogP contribution in [0.4, 0.5) is 11.4 Å². The first kappa shape index (κ1) is 21.7. The molecule has 2 heterocycles. The van der Waals surface area contributed by atoms with Gasteiger partial charge in [0.25, 0.3) is 11.2 Å². The molecular formula is C20H15N7O5S. The molecule has 0 saturated carbocycles. The monoisotopic (exact) mass is 465 g/mol. The Balaban J connectivity index is 1.55. The topological polar surface area (TPSA) is 179 Å². The zero-order valence-corrected chi connectivity index (χ0v) is 17.5. The summed E-state index contributed by atoms with van der Waals surface area (Å²) in [6.07, 6.45) is 2.64. The Morgan fingerprint density at radius 1 is 1.24 bits per heavy atom. The van der Waals surface area contributed by atoms with Crippen molar-refractivity contribution in [2.45, 2.75) is 4.90 Å². The number of aromatic amines is 1. The number of carbonyl (C=O) groups excluding carboxylic acids is 2. The number of rotatable bonds is 7. The standard InChI is InChI=1S/C20H15N7O5S/c21-18(29)11-5-6-16(15(7-11)27(31)32)33-9-17(28)25-13-3-1-2-4-14(13)26-19-12(8-24-26)20(30)23-10-22-19/h1-8,10H,9H2,(H2,21,29)(H,25,28)(H,22,23,30). The number of thioether (sulfide) groups is 1. The normalized spacial score (nSPS) is 10.8. The number of fused-ring (bicyclic) bond motifs is 1. The highest BCUT2D eigenvalue weighted by Crippen LogP contribution is 2.30. The van der Waals surface area contributed by atoms with E-state index in [4.69, 9.17) is 5.73 Å². The van der Waals surface area contributed by atoms with E-state index in [1.54, 1.807) is 24.3 Å². The number of anilines is 1. The third kappa shape index (κ3) is 4.43. The van der Waals surface area contributed by atoms with Crippen LogP contribution in [0.25, 0.3) is 16.7 Å². The first-order valence-electron chi connectivity index (χ1n) is 9.37. The van der Waals surface area contributed by atoms with E-state index >= 15 is 0 Å². The summed E-state index contributed by atoms with van der Waals surface area (Å²) in [6, 6.07) is 10.6. The Morgan fingerprint density at radius 2 is 2.03 bits per heavy atom. The number of hydrogen-bond acceptors (Lipinski definition) is 8. The summed E-state index contributed by atoms with van der Waals surface area (Å²) in [4.78, 5) is 53.4. The number of nitrogens with zero attached hydrogens (tertiary/aromatic N) is 4. The second-order valence-electron chi connectivity index (χ2n) is 6.68. The van der Waals surface area contributed by atoms with Crippen LogP contribution in [-0.4, -0.2) is 42.2 Å². The lowest BCUT2D eigenvalue weighted by Crippen LogP contribution is -2.16. The van der Waals surface area contributed by atoms with Crippen molar-refractivity contribution in [2.24, 2.45) is 5.73 Å². The molecule has 0 saturated heterocycles. The molecule has 13 heteroatoms. The third-order valence-corrected chi connectivity index (χ3v) is 5.64. The maximum Gasteiger partial charge on any atom is 0.283 e. The molecule has 0 spiro atoms. The number of primary amides is 1. The minimum Gasteiger partial charge on any atom is -0.366 e. The van der Waals surface area contributed by atoms with Crippen LogP contribution < -0.4 is 16.6 Å². The lowest BCUT2D eigenvalue weighted by Gasteiger charge is -2.11. The number of para-hydroxylation sites is 2. The molecule has 166 valence electrons. The van der Waals surface area contributed by atoms with E-state index in [2.05, 4.69) is 20.4 Å². The van der Waals surface area contributed by atoms with Crippen molar-refractivity contribution < 1.29 is 14.5 Å². The van der Waals surface area contributed by atoms with E-state index < -0.39 is 16.7 Å². The van der Waals surface area contributed by atoms with Gasteiger partial charge in [0.1, 0.15) is 5.39 Å². The summed E-state index contributed by atoms with van der Waals surface area (Å²) in [6.45, 7) is 0. The molecule has 2 aromatic heterocycles. The molecule has 0 aliphatic heterocycles. The van der Waals surface area contributed by atoms with E-state index in [9.17, 15) is 24.5 Å². The average Bonchev–Trinajstić information content (AvgIpc) is 3.23. The Labute approximate surface area is 189 Å². The molecule has 33 heavy (non-hydrogen) atoms. The number of nitrogens with two attached hydrogens (primary N) is 1. The van der Waals surface area contributed by atoms with Gasteiger partial charge in [-0.05, 0) is 24.3 Å². The highest BCUT2D eigenvalue weighted by Gasteiger charge is 2.19. The predicted octanol–water partition coefficient (Wildman–Crippen LogP) is 1.85. The number of hydrogen-bond donors (Lipinski definition) is 3. The van der Waals surface area contributed by atoms with Crippen LogP contribution in [0.3, 0.4) is 0 Å². The third-order valence-electron chi connectivity index (χ3n) is 4.58. The van der Waals surface area contributed by atoms with Gasteiger partial charge in [-0.15, -0.1) is 11.8 Å². The van der Waals surface area contributed by atoms with Crippen LogP contribution in [-0.2, 0) is 4.79 Å². The summed E-state index contributed by atoms with van der Waals surface area (Å²) >= 11 is 0.945. The first-order valence-corrected chi connectivity index (χ1v) is 10.4. The summed E-state index contributed by atoms with van der Waals surface area (Å²) in [5, 5.41) is 18.6. The van der Waals surface area contributed by atoms with Gasteiger partial charge in [-0.1, -0.05) is 12.1 Å². The molecule has 0 aliphatic rings. The van der Waals surface area contributed by atoms with Crippen molar-refractivity contribution in [3.8, 4) is 5.69 Å². The van der Waals surface area contributed by atoms with Crippen molar-refractivity contribution in [1.82, 2.24) is 19.7 Å². The molecule has 0 aliphatic carbocycles. The molecule has 0 atom stereocenters. The Bertz CT molecular complexity index is 1460. The van der Waals surface area contributed by atoms with Gasteiger partial charge in [0.15, 0.2) is 5.65 Å². The van der Waals surface area contributed by atoms with E-state index in [0.29, 0.717) is 22.4 Å². The molecule has 2 amide bonds. The van der Waals surface area contributed by atoms with Gasteiger partial charge < -0.3 is 16.0 Å². The maximum absolute atomic E-state index is 12.6. The highest BCUT2D eigenvalue weighted by atomic mass is 32.2. The predicted molar refractivity (Wildman–Crippen MR) is 120 cm³/mol. The van der Waals surface area contributed by atoms with Crippen LogP contribution in [0.1, 0.15) is 10.4 Å². The number of nitro groups is 1. The summed E-state index contributed by atoms with van der Waals surface area (Å²) < 4.78 is 1.43. The maximum atomic E-state index is 12.6. The number of nitro benzene ring substituents is 1. The number of amides is 2.